The van der Waals surface area contributed by atoms with E-state index in [2.05, 4.69) is 16.4 Å². The number of rotatable bonds is 8. The highest BCUT2D eigenvalue weighted by molar-refractivity contribution is 7.99. The predicted octanol–water partition coefficient (Wildman–Crippen LogP) is 4.67. The molecule has 0 fully saturated rings. The normalized spacial score (nSPS) is 10.9. The van der Waals surface area contributed by atoms with Crippen molar-refractivity contribution in [3.8, 4) is 0 Å². The molecular weight excluding hydrogens is 355 g/mol. The molecule has 6 heteroatoms. The van der Waals surface area contributed by atoms with E-state index in [-0.39, 0.29) is 11.7 Å². The second kappa shape index (κ2) is 8.97. The number of fused-ring (bicyclic) bond motifs is 1. The van der Waals surface area contributed by atoms with E-state index >= 15 is 0 Å². The summed E-state index contributed by atoms with van der Waals surface area (Å²) in [6.45, 7) is 0.660. The monoisotopic (exact) mass is 374 g/mol. The molecule has 0 spiro atoms. The van der Waals surface area contributed by atoms with Crippen molar-refractivity contribution in [2.75, 3.05) is 12.3 Å². The van der Waals surface area contributed by atoms with Crippen molar-refractivity contribution in [3.63, 3.8) is 0 Å². The van der Waals surface area contributed by atoms with Gasteiger partial charge in [-0.1, -0.05) is 12.1 Å². The molecular formula is C19H19FN2OS2. The fourth-order valence-electron chi connectivity index (χ4n) is 2.36. The summed E-state index contributed by atoms with van der Waals surface area (Å²) in [7, 11) is 0. The minimum atomic E-state index is -0.218. The minimum Gasteiger partial charge on any atom is -0.356 e. The average molecular weight is 375 g/mol. The lowest BCUT2D eigenvalue weighted by molar-refractivity contribution is -0.121. The maximum absolute atomic E-state index is 12.8. The number of para-hydroxylation sites is 1. The Balaban J connectivity index is 1.32. The zero-order chi connectivity index (χ0) is 17.5. The summed E-state index contributed by atoms with van der Waals surface area (Å²) in [4.78, 5) is 17.5. The molecule has 1 amide bonds. The van der Waals surface area contributed by atoms with Crippen LogP contribution in [0.3, 0.4) is 0 Å². The van der Waals surface area contributed by atoms with E-state index in [0.29, 0.717) is 19.4 Å². The molecule has 0 saturated heterocycles. The third-order valence-electron chi connectivity index (χ3n) is 3.63. The SMILES string of the molecule is O=C(CCc1nc2ccccc2s1)NCCCSc1ccc(F)cc1. The van der Waals surface area contributed by atoms with Gasteiger partial charge in [-0.25, -0.2) is 9.37 Å². The van der Waals surface area contributed by atoms with Crippen LogP contribution in [0.25, 0.3) is 10.2 Å². The van der Waals surface area contributed by atoms with E-state index in [1.165, 1.54) is 12.1 Å². The quantitative estimate of drug-likeness (QED) is 0.460. The second-order valence-electron chi connectivity index (χ2n) is 5.58. The first-order chi connectivity index (χ1) is 12.2. The van der Waals surface area contributed by atoms with E-state index in [4.69, 9.17) is 0 Å². The third-order valence-corrected chi connectivity index (χ3v) is 5.82. The number of nitrogens with zero attached hydrogens (tertiary/aromatic N) is 1. The lowest BCUT2D eigenvalue weighted by Crippen LogP contribution is -2.24. The summed E-state index contributed by atoms with van der Waals surface area (Å²) in [5.74, 6) is 0.736. The van der Waals surface area contributed by atoms with Crippen LogP contribution in [-0.4, -0.2) is 23.2 Å². The van der Waals surface area contributed by atoms with Crippen LogP contribution in [0.4, 0.5) is 4.39 Å². The second-order valence-corrected chi connectivity index (χ2v) is 7.86. The number of thiazole rings is 1. The van der Waals surface area contributed by atoms with Crippen molar-refractivity contribution >= 4 is 39.2 Å². The van der Waals surface area contributed by atoms with Gasteiger partial charge in [-0.3, -0.25) is 4.79 Å². The van der Waals surface area contributed by atoms with Crippen molar-refractivity contribution < 1.29 is 9.18 Å². The number of halogens is 1. The number of aromatic nitrogens is 1. The van der Waals surface area contributed by atoms with Crippen LogP contribution in [0.5, 0.6) is 0 Å². The Morgan fingerprint density at radius 2 is 1.96 bits per heavy atom. The van der Waals surface area contributed by atoms with Crippen LogP contribution in [0.15, 0.2) is 53.4 Å². The standard InChI is InChI=1S/C19H19FN2OS2/c20-14-6-8-15(9-7-14)24-13-3-12-21-18(23)10-11-19-22-16-4-1-2-5-17(16)25-19/h1-2,4-9H,3,10-13H2,(H,21,23). The maximum Gasteiger partial charge on any atom is 0.220 e. The molecule has 25 heavy (non-hydrogen) atoms. The molecule has 0 aliphatic heterocycles. The largest absolute Gasteiger partial charge is 0.356 e. The van der Waals surface area contributed by atoms with E-state index in [1.54, 1.807) is 35.2 Å². The van der Waals surface area contributed by atoms with Crippen molar-refractivity contribution in [1.29, 1.82) is 0 Å². The summed E-state index contributed by atoms with van der Waals surface area (Å²) < 4.78 is 14.0. The molecule has 1 N–H and O–H groups in total. The number of hydrogen-bond acceptors (Lipinski definition) is 4. The molecule has 0 unspecified atom stereocenters. The fraction of sp³-hybridized carbons (Fsp3) is 0.263. The van der Waals surface area contributed by atoms with Crippen LogP contribution in [0.1, 0.15) is 17.8 Å². The Morgan fingerprint density at radius 3 is 2.76 bits per heavy atom. The highest BCUT2D eigenvalue weighted by Gasteiger charge is 2.06. The van der Waals surface area contributed by atoms with Crippen molar-refractivity contribution in [3.05, 3.63) is 59.4 Å². The highest BCUT2D eigenvalue weighted by atomic mass is 32.2. The molecule has 0 aliphatic rings. The molecule has 130 valence electrons. The highest BCUT2D eigenvalue weighted by Crippen LogP contribution is 2.22. The van der Waals surface area contributed by atoms with Crippen molar-refractivity contribution in [2.45, 2.75) is 24.2 Å². The number of carbonyl (C=O) groups excluding carboxylic acids is 1. The van der Waals surface area contributed by atoms with Gasteiger partial charge < -0.3 is 5.32 Å². The van der Waals surface area contributed by atoms with Gasteiger partial charge in [0.05, 0.1) is 15.2 Å². The van der Waals surface area contributed by atoms with Crippen LogP contribution < -0.4 is 5.32 Å². The Bertz CT molecular complexity index is 800. The minimum absolute atomic E-state index is 0.0611. The summed E-state index contributed by atoms with van der Waals surface area (Å²) in [6, 6.07) is 14.5. The van der Waals surface area contributed by atoms with Crippen LogP contribution in [-0.2, 0) is 11.2 Å². The van der Waals surface area contributed by atoms with Gasteiger partial charge in [-0.15, -0.1) is 23.1 Å². The molecule has 0 saturated carbocycles. The van der Waals surface area contributed by atoms with E-state index in [0.717, 1.165) is 32.3 Å². The summed E-state index contributed by atoms with van der Waals surface area (Å²) in [5.41, 5.74) is 1.00. The smallest absolute Gasteiger partial charge is 0.220 e. The molecule has 0 atom stereocenters. The number of aryl methyl sites for hydroxylation is 1. The number of amides is 1. The topological polar surface area (TPSA) is 42.0 Å². The van der Waals surface area contributed by atoms with Crippen molar-refractivity contribution in [1.82, 2.24) is 10.3 Å². The molecule has 2 aromatic carbocycles. The van der Waals surface area contributed by atoms with Crippen LogP contribution in [0.2, 0.25) is 0 Å². The first-order valence-corrected chi connectivity index (χ1v) is 10.0. The zero-order valence-corrected chi connectivity index (χ0v) is 15.3. The van der Waals surface area contributed by atoms with E-state index < -0.39 is 0 Å². The Hall–Kier alpha value is -1.92. The van der Waals surface area contributed by atoms with E-state index in [1.807, 2.05) is 18.2 Å². The van der Waals surface area contributed by atoms with Gasteiger partial charge in [-0.2, -0.15) is 0 Å². The van der Waals surface area contributed by atoms with Gasteiger partial charge in [0.25, 0.3) is 0 Å². The van der Waals surface area contributed by atoms with E-state index in [9.17, 15) is 9.18 Å². The van der Waals surface area contributed by atoms with Gasteiger partial charge >= 0.3 is 0 Å². The maximum atomic E-state index is 12.8. The summed E-state index contributed by atoms with van der Waals surface area (Å²) in [5, 5.41) is 3.95. The average Bonchev–Trinajstić information content (AvgIpc) is 3.04. The molecule has 1 heterocycles. The number of carbonyl (C=O) groups is 1. The van der Waals surface area contributed by atoms with Gasteiger partial charge in [0, 0.05) is 24.3 Å². The lowest BCUT2D eigenvalue weighted by Gasteiger charge is -2.05. The van der Waals surface area contributed by atoms with Gasteiger partial charge in [0.2, 0.25) is 5.91 Å². The predicted molar refractivity (Wildman–Crippen MR) is 103 cm³/mol. The first kappa shape index (κ1) is 17.9. The molecule has 3 aromatic rings. The lowest BCUT2D eigenvalue weighted by atomic mass is 10.3. The first-order valence-electron chi connectivity index (χ1n) is 8.20. The Labute approximate surface area is 154 Å². The van der Waals surface area contributed by atoms with Crippen LogP contribution in [0, 0.1) is 5.82 Å². The number of hydrogen-bond donors (Lipinski definition) is 1. The fourth-order valence-corrected chi connectivity index (χ4v) is 4.18. The molecule has 3 nitrogen and oxygen atoms in total. The number of nitrogens with one attached hydrogen (secondary N) is 1. The summed E-state index contributed by atoms with van der Waals surface area (Å²) in [6.07, 6.45) is 2.02. The molecule has 0 radical (unpaired) electrons. The van der Waals surface area contributed by atoms with Crippen molar-refractivity contribution in [2.24, 2.45) is 0 Å². The summed E-state index contributed by atoms with van der Waals surface area (Å²) >= 11 is 3.32. The van der Waals surface area contributed by atoms with Gasteiger partial charge in [0.1, 0.15) is 5.82 Å². The molecule has 0 bridgehead atoms. The third kappa shape index (κ3) is 5.54. The molecule has 3 rings (SSSR count). The van der Waals surface area contributed by atoms with Crippen LogP contribution >= 0.6 is 23.1 Å². The number of benzene rings is 2. The number of thioether (sulfide) groups is 1. The van der Waals surface area contributed by atoms with Gasteiger partial charge in [-0.05, 0) is 48.6 Å². The molecule has 0 aliphatic carbocycles. The Morgan fingerprint density at radius 1 is 1.16 bits per heavy atom. The Kier molecular flexibility index (Phi) is 6.42. The molecule has 1 aromatic heterocycles. The zero-order valence-electron chi connectivity index (χ0n) is 13.7. The van der Waals surface area contributed by atoms with Gasteiger partial charge in [0.15, 0.2) is 0 Å².